The van der Waals surface area contributed by atoms with Gasteiger partial charge in [-0.25, -0.2) is 0 Å². The third-order valence-electron chi connectivity index (χ3n) is 3.68. The lowest BCUT2D eigenvalue weighted by molar-refractivity contribution is -0.917. The number of hydrogen-bond donors (Lipinski definition) is 1. The molecule has 0 aliphatic heterocycles. The van der Waals surface area contributed by atoms with Crippen LogP contribution in [0.2, 0.25) is 0 Å². The predicted molar refractivity (Wildman–Crippen MR) is 94.5 cm³/mol. The number of benzene rings is 2. The van der Waals surface area contributed by atoms with Gasteiger partial charge in [-0.05, 0) is 18.3 Å². The van der Waals surface area contributed by atoms with Gasteiger partial charge in [0, 0.05) is 23.3 Å². The summed E-state index contributed by atoms with van der Waals surface area (Å²) in [4.78, 5) is 11.9. The Morgan fingerprint density at radius 2 is 2.00 bits per heavy atom. The Morgan fingerprint density at radius 3 is 2.72 bits per heavy atom. The molecule has 3 aromatic rings. The van der Waals surface area contributed by atoms with E-state index in [0.29, 0.717) is 12.2 Å². The molecule has 0 saturated carbocycles. The van der Waals surface area contributed by atoms with Crippen molar-refractivity contribution < 1.29 is 14.2 Å². The van der Waals surface area contributed by atoms with E-state index in [9.17, 15) is 10.1 Å². The zero-order chi connectivity index (χ0) is 17.8. The van der Waals surface area contributed by atoms with Gasteiger partial charge in [0.1, 0.15) is 6.54 Å². The third kappa shape index (κ3) is 4.17. The van der Waals surface area contributed by atoms with Crippen LogP contribution < -0.4 is 4.90 Å². The van der Waals surface area contributed by atoms with Gasteiger partial charge in [-0.15, -0.1) is 5.10 Å². The Balaban J connectivity index is 1.77. The Labute approximate surface area is 149 Å². The van der Waals surface area contributed by atoms with Crippen LogP contribution in [-0.2, 0) is 13.2 Å². The highest BCUT2D eigenvalue weighted by Crippen LogP contribution is 2.22. The first kappa shape index (κ1) is 17.0. The van der Waals surface area contributed by atoms with E-state index in [4.69, 9.17) is 16.6 Å². The number of rotatable bonds is 6. The molecule has 0 aliphatic carbocycles. The highest BCUT2D eigenvalue weighted by molar-refractivity contribution is 7.71. The fourth-order valence-electron chi connectivity index (χ4n) is 2.53. The number of hydrogen-bond acceptors (Lipinski definition) is 5. The fourth-order valence-corrected chi connectivity index (χ4v) is 2.72. The zero-order valence-corrected chi connectivity index (χ0v) is 14.4. The molecule has 25 heavy (non-hydrogen) atoms. The first-order chi connectivity index (χ1) is 12.0. The van der Waals surface area contributed by atoms with Crippen molar-refractivity contribution in [1.82, 2.24) is 9.78 Å². The molecule has 2 aromatic carbocycles. The van der Waals surface area contributed by atoms with Gasteiger partial charge in [-0.3, -0.25) is 10.1 Å². The summed E-state index contributed by atoms with van der Waals surface area (Å²) >= 11 is 5.23. The molecule has 7 nitrogen and oxygen atoms in total. The van der Waals surface area contributed by atoms with Crippen LogP contribution in [0.25, 0.3) is 11.5 Å². The maximum Gasteiger partial charge on any atom is 0.292 e. The minimum absolute atomic E-state index is 0.0139. The highest BCUT2D eigenvalue weighted by atomic mass is 32.1. The molecule has 1 N–H and O–H groups in total. The SMILES string of the molecule is C[NH+](Cc1ccccc1)Cn1nc(-c2cccc([N+](=O)[O-])c2)oc1=S. The van der Waals surface area contributed by atoms with Gasteiger partial charge < -0.3 is 9.32 Å². The van der Waals surface area contributed by atoms with E-state index in [1.165, 1.54) is 22.6 Å². The first-order valence-electron chi connectivity index (χ1n) is 7.71. The van der Waals surface area contributed by atoms with Crippen molar-refractivity contribution in [2.75, 3.05) is 7.05 Å². The number of nitrogens with zero attached hydrogens (tertiary/aromatic N) is 3. The van der Waals surface area contributed by atoms with Gasteiger partial charge in [0.2, 0.25) is 5.89 Å². The fraction of sp³-hybridized carbons (Fsp3) is 0.176. The van der Waals surface area contributed by atoms with Crippen LogP contribution in [0.3, 0.4) is 0 Å². The van der Waals surface area contributed by atoms with E-state index >= 15 is 0 Å². The molecule has 1 heterocycles. The topological polar surface area (TPSA) is 78.5 Å². The lowest BCUT2D eigenvalue weighted by atomic mass is 10.2. The molecular weight excluding hydrogens is 340 g/mol. The largest absolute Gasteiger partial charge is 0.409 e. The number of nitro groups is 1. The van der Waals surface area contributed by atoms with E-state index in [1.54, 1.807) is 16.8 Å². The summed E-state index contributed by atoms with van der Waals surface area (Å²) in [6.07, 6.45) is 0. The summed E-state index contributed by atoms with van der Waals surface area (Å²) in [7, 11) is 2.04. The maximum atomic E-state index is 10.9. The van der Waals surface area contributed by atoms with E-state index in [0.717, 1.165) is 6.54 Å². The van der Waals surface area contributed by atoms with Gasteiger partial charge in [-0.1, -0.05) is 36.4 Å². The van der Waals surface area contributed by atoms with Crippen LogP contribution >= 0.6 is 12.2 Å². The van der Waals surface area contributed by atoms with E-state index < -0.39 is 4.92 Å². The lowest BCUT2D eigenvalue weighted by Gasteiger charge is -2.13. The van der Waals surface area contributed by atoms with Crippen molar-refractivity contribution in [2.45, 2.75) is 13.2 Å². The monoisotopic (exact) mass is 357 g/mol. The molecular formula is C17H17N4O3S+. The summed E-state index contributed by atoms with van der Waals surface area (Å²) in [6.45, 7) is 1.35. The van der Waals surface area contributed by atoms with E-state index in [2.05, 4.69) is 17.2 Å². The van der Waals surface area contributed by atoms with Crippen molar-refractivity contribution in [3.63, 3.8) is 0 Å². The summed E-state index contributed by atoms with van der Waals surface area (Å²) in [6, 6.07) is 16.3. The second-order valence-corrected chi connectivity index (χ2v) is 6.11. The quantitative estimate of drug-likeness (QED) is 0.416. The molecule has 0 aliphatic rings. The molecule has 128 valence electrons. The molecule has 0 bridgehead atoms. The molecule has 1 aromatic heterocycles. The van der Waals surface area contributed by atoms with Crippen molar-refractivity contribution in [3.05, 3.63) is 75.1 Å². The number of nitro benzene ring substituents is 1. The summed E-state index contributed by atoms with van der Waals surface area (Å²) < 4.78 is 7.12. The van der Waals surface area contributed by atoms with Crippen molar-refractivity contribution in [3.8, 4) is 11.5 Å². The third-order valence-corrected chi connectivity index (χ3v) is 3.97. The smallest absolute Gasteiger partial charge is 0.292 e. The molecule has 1 atom stereocenters. The minimum Gasteiger partial charge on any atom is -0.409 e. The van der Waals surface area contributed by atoms with Crippen molar-refractivity contribution >= 4 is 17.9 Å². The normalized spacial score (nSPS) is 12.0. The highest BCUT2D eigenvalue weighted by Gasteiger charge is 2.14. The number of quaternary nitrogens is 1. The molecule has 1 unspecified atom stereocenters. The molecule has 0 fully saturated rings. The van der Waals surface area contributed by atoms with Crippen LogP contribution in [0, 0.1) is 15.0 Å². The Kier molecular flexibility index (Phi) is 5.01. The maximum absolute atomic E-state index is 10.9. The van der Waals surface area contributed by atoms with Crippen molar-refractivity contribution in [2.24, 2.45) is 0 Å². The summed E-state index contributed by atoms with van der Waals surface area (Å²) in [5.41, 5.74) is 1.73. The van der Waals surface area contributed by atoms with Crippen LogP contribution in [0.1, 0.15) is 5.56 Å². The van der Waals surface area contributed by atoms with Crippen LogP contribution in [0.5, 0.6) is 0 Å². The second kappa shape index (κ2) is 7.37. The lowest BCUT2D eigenvalue weighted by Crippen LogP contribution is -3.07. The van der Waals surface area contributed by atoms with Crippen LogP contribution in [-0.4, -0.2) is 21.8 Å². The first-order valence-corrected chi connectivity index (χ1v) is 8.12. The van der Waals surface area contributed by atoms with Gasteiger partial charge in [0.05, 0.1) is 12.0 Å². The molecule has 8 heteroatoms. The zero-order valence-electron chi connectivity index (χ0n) is 13.6. The average Bonchev–Trinajstić information content (AvgIpc) is 2.96. The Morgan fingerprint density at radius 1 is 1.24 bits per heavy atom. The number of aromatic nitrogens is 2. The molecule has 0 radical (unpaired) electrons. The van der Waals surface area contributed by atoms with Gasteiger partial charge >= 0.3 is 0 Å². The molecule has 3 rings (SSSR count). The van der Waals surface area contributed by atoms with Gasteiger partial charge in [0.15, 0.2) is 6.67 Å². The molecule has 0 spiro atoms. The standard InChI is InChI=1S/C17H16N4O3S/c1-19(11-13-6-3-2-4-7-13)12-20-17(25)24-16(18-20)14-8-5-9-15(10-14)21(22)23/h2-10H,11-12H2,1H3/p+1. The Bertz CT molecular complexity index is 936. The second-order valence-electron chi connectivity index (χ2n) is 5.76. The molecule has 0 saturated heterocycles. The predicted octanol–water partition coefficient (Wildman–Crippen LogP) is 2.45. The molecule has 0 amide bonds. The van der Waals surface area contributed by atoms with Crippen LogP contribution in [0.4, 0.5) is 5.69 Å². The minimum atomic E-state index is -0.452. The average molecular weight is 357 g/mol. The number of non-ortho nitro benzene ring substituents is 1. The van der Waals surface area contributed by atoms with Gasteiger partial charge in [0.25, 0.3) is 10.5 Å². The van der Waals surface area contributed by atoms with Gasteiger partial charge in [-0.2, -0.15) is 4.68 Å². The van der Waals surface area contributed by atoms with Crippen LogP contribution in [0.15, 0.2) is 59.0 Å². The van der Waals surface area contributed by atoms with Crippen molar-refractivity contribution in [1.29, 1.82) is 0 Å². The number of nitrogens with one attached hydrogen (secondary N) is 1. The summed E-state index contributed by atoms with van der Waals surface area (Å²) in [5, 5.41) is 15.3. The Hall–Kier alpha value is -2.84. The van der Waals surface area contributed by atoms with E-state index in [1.807, 2.05) is 25.2 Å². The summed E-state index contributed by atoms with van der Waals surface area (Å²) in [5.74, 6) is 0.279. The van der Waals surface area contributed by atoms with E-state index in [-0.39, 0.29) is 16.4 Å².